The normalized spacial score (nSPS) is 12.8. The fraction of sp³-hybridized carbons (Fsp3) is 0.417. The second-order valence-corrected chi connectivity index (χ2v) is 11.2. The number of ether oxygens (including phenoxy) is 1. The van der Waals surface area contributed by atoms with Gasteiger partial charge in [0.2, 0.25) is 15.9 Å². The molecule has 0 spiro atoms. The van der Waals surface area contributed by atoms with Crippen LogP contribution in [-0.4, -0.2) is 35.1 Å². The van der Waals surface area contributed by atoms with Gasteiger partial charge in [0.15, 0.2) is 5.69 Å². The Kier molecular flexibility index (Phi) is 8.08. The molecule has 0 unspecified atom stereocenters. The van der Waals surface area contributed by atoms with E-state index in [1.54, 1.807) is 26.0 Å². The van der Waals surface area contributed by atoms with Crippen molar-refractivity contribution in [3.63, 3.8) is 0 Å². The molecule has 0 bridgehead atoms. The van der Waals surface area contributed by atoms with Crippen LogP contribution in [0, 0.1) is 17.0 Å². The van der Waals surface area contributed by atoms with Crippen molar-refractivity contribution in [1.29, 1.82) is 0 Å². The highest BCUT2D eigenvalue weighted by molar-refractivity contribution is 7.89. The summed E-state index contributed by atoms with van der Waals surface area (Å²) in [4.78, 5) is 23.2. The van der Waals surface area contributed by atoms with Crippen molar-refractivity contribution >= 4 is 21.6 Å². The van der Waals surface area contributed by atoms with Gasteiger partial charge in [-0.3, -0.25) is 14.9 Å². The first-order valence-corrected chi connectivity index (χ1v) is 13.1. The van der Waals surface area contributed by atoms with E-state index in [2.05, 4.69) is 15.1 Å². The molecule has 1 atom stereocenters. The lowest BCUT2D eigenvalue weighted by atomic mass is 10.1. The lowest BCUT2D eigenvalue weighted by molar-refractivity contribution is -0.385. The van der Waals surface area contributed by atoms with E-state index in [4.69, 9.17) is 9.15 Å². The fourth-order valence-electron chi connectivity index (χ4n) is 3.36. The molecule has 12 nitrogen and oxygen atoms in total. The van der Waals surface area contributed by atoms with Gasteiger partial charge >= 0.3 is 0 Å². The number of sulfonamides is 1. The van der Waals surface area contributed by atoms with Crippen molar-refractivity contribution in [3.8, 4) is 11.6 Å². The van der Waals surface area contributed by atoms with Crippen LogP contribution in [-0.2, 0) is 22.1 Å². The standard InChI is InChI=1S/C24H31N5O7S/c1-7-15(2)27-37(33,34)20-13-17(29(31)32)10-11-19(20)36-23-16(3)21(26-28(23)24(4,5)6)22(30)25-14-18-9-8-12-35-18/h8-13,15,27H,7,14H2,1-6H3,(H,25,30)/t15-/m0/s1. The number of aromatic nitrogens is 2. The predicted octanol–water partition coefficient (Wildman–Crippen LogP) is 4.25. The molecule has 3 rings (SSSR count). The first-order chi connectivity index (χ1) is 17.2. The minimum absolute atomic E-state index is 0.0838. The summed E-state index contributed by atoms with van der Waals surface area (Å²) in [5, 5.41) is 18.6. The van der Waals surface area contributed by atoms with Crippen molar-refractivity contribution < 1.29 is 27.3 Å². The Bertz CT molecular complexity index is 1390. The van der Waals surface area contributed by atoms with Crippen molar-refractivity contribution in [3.05, 3.63) is 63.7 Å². The molecule has 2 heterocycles. The third-order valence-corrected chi connectivity index (χ3v) is 7.14. The number of hydrogen-bond acceptors (Lipinski definition) is 8. The number of furan rings is 1. The third-order valence-electron chi connectivity index (χ3n) is 5.53. The summed E-state index contributed by atoms with van der Waals surface area (Å²) in [5.74, 6) is 0.0749. The number of hydrogen-bond donors (Lipinski definition) is 2. The third kappa shape index (κ3) is 6.35. The number of carbonyl (C=O) groups is 1. The molecule has 0 saturated heterocycles. The van der Waals surface area contributed by atoms with Crippen LogP contribution in [0.25, 0.3) is 0 Å². The van der Waals surface area contributed by atoms with Crippen LogP contribution in [0.1, 0.15) is 62.9 Å². The number of amides is 1. The second-order valence-electron chi connectivity index (χ2n) is 9.54. The molecule has 3 aromatic rings. The second kappa shape index (κ2) is 10.7. The highest BCUT2D eigenvalue weighted by Gasteiger charge is 2.31. The van der Waals surface area contributed by atoms with Gasteiger partial charge in [-0.25, -0.2) is 17.8 Å². The molecular weight excluding hydrogens is 502 g/mol. The minimum Gasteiger partial charge on any atom is -0.467 e. The van der Waals surface area contributed by atoms with Crippen molar-refractivity contribution in [1.82, 2.24) is 19.8 Å². The largest absolute Gasteiger partial charge is 0.467 e. The number of rotatable bonds is 10. The lowest BCUT2D eigenvalue weighted by Gasteiger charge is -2.23. The number of benzene rings is 1. The first-order valence-electron chi connectivity index (χ1n) is 11.6. The molecule has 0 aliphatic rings. The van der Waals surface area contributed by atoms with Crippen LogP contribution in [0.5, 0.6) is 11.6 Å². The first kappa shape index (κ1) is 27.9. The summed E-state index contributed by atoms with van der Waals surface area (Å²) in [7, 11) is -4.18. The smallest absolute Gasteiger partial charge is 0.272 e. The van der Waals surface area contributed by atoms with Crippen LogP contribution < -0.4 is 14.8 Å². The number of nitrogens with zero attached hydrogens (tertiary/aromatic N) is 3. The van der Waals surface area contributed by atoms with Gasteiger partial charge in [-0.2, -0.15) is 5.10 Å². The van der Waals surface area contributed by atoms with Gasteiger partial charge in [0.25, 0.3) is 11.6 Å². The Labute approximate surface area is 215 Å². The van der Waals surface area contributed by atoms with E-state index in [1.165, 1.54) is 17.0 Å². The van der Waals surface area contributed by atoms with Gasteiger partial charge in [0.1, 0.15) is 16.4 Å². The molecule has 1 aromatic carbocycles. The van der Waals surface area contributed by atoms with Crippen LogP contribution in [0.3, 0.4) is 0 Å². The zero-order valence-electron chi connectivity index (χ0n) is 21.6. The molecule has 13 heteroatoms. The average Bonchev–Trinajstić information content (AvgIpc) is 3.45. The van der Waals surface area contributed by atoms with Crippen LogP contribution in [0.2, 0.25) is 0 Å². The zero-order valence-corrected chi connectivity index (χ0v) is 22.4. The summed E-state index contributed by atoms with van der Waals surface area (Å²) in [6.45, 7) is 10.8. The Morgan fingerprint density at radius 1 is 1.30 bits per heavy atom. The van der Waals surface area contributed by atoms with E-state index in [0.29, 0.717) is 17.7 Å². The van der Waals surface area contributed by atoms with Crippen LogP contribution >= 0.6 is 0 Å². The van der Waals surface area contributed by atoms with E-state index in [9.17, 15) is 23.3 Å². The summed E-state index contributed by atoms with van der Waals surface area (Å²) in [5.41, 5.74) is -0.617. The summed E-state index contributed by atoms with van der Waals surface area (Å²) >= 11 is 0. The van der Waals surface area contributed by atoms with E-state index in [-0.39, 0.29) is 23.9 Å². The SMILES string of the molecule is CC[C@H](C)NS(=O)(=O)c1cc([N+](=O)[O-])ccc1Oc1c(C)c(C(=O)NCc2ccco2)nn1C(C)(C)C. The van der Waals surface area contributed by atoms with Gasteiger partial charge in [-0.1, -0.05) is 6.92 Å². The molecule has 2 aromatic heterocycles. The summed E-state index contributed by atoms with van der Waals surface area (Å²) < 4.78 is 41.6. The van der Waals surface area contributed by atoms with Gasteiger partial charge in [0.05, 0.1) is 23.3 Å². The number of nitro groups is 1. The maximum atomic E-state index is 13.2. The quantitative estimate of drug-likeness (QED) is 0.289. The molecule has 2 N–H and O–H groups in total. The summed E-state index contributed by atoms with van der Waals surface area (Å²) in [6.07, 6.45) is 2.01. The summed E-state index contributed by atoms with van der Waals surface area (Å²) in [6, 6.07) is 6.34. The van der Waals surface area contributed by atoms with Gasteiger partial charge in [0, 0.05) is 23.7 Å². The average molecular weight is 534 g/mol. The molecule has 1 amide bonds. The predicted molar refractivity (Wildman–Crippen MR) is 135 cm³/mol. The molecule has 0 saturated carbocycles. The maximum Gasteiger partial charge on any atom is 0.272 e. The molecule has 0 fully saturated rings. The molecule has 0 aliphatic heterocycles. The molecule has 37 heavy (non-hydrogen) atoms. The van der Waals surface area contributed by atoms with Crippen molar-refractivity contribution in [2.75, 3.05) is 0 Å². The van der Waals surface area contributed by atoms with Gasteiger partial charge in [-0.15, -0.1) is 0 Å². The Morgan fingerprint density at radius 2 is 2.00 bits per heavy atom. The Morgan fingerprint density at radius 3 is 2.57 bits per heavy atom. The highest BCUT2D eigenvalue weighted by Crippen LogP contribution is 2.36. The van der Waals surface area contributed by atoms with E-state index < -0.39 is 43.0 Å². The number of nitrogens with one attached hydrogen (secondary N) is 2. The van der Waals surface area contributed by atoms with Crippen molar-refractivity contribution in [2.24, 2.45) is 0 Å². The molecular formula is C24H31N5O7S. The van der Waals surface area contributed by atoms with E-state index >= 15 is 0 Å². The monoisotopic (exact) mass is 533 g/mol. The van der Waals surface area contributed by atoms with E-state index in [1.807, 2.05) is 27.7 Å². The number of non-ortho nitro benzene ring substituents is 1. The Balaban J connectivity index is 2.07. The van der Waals surface area contributed by atoms with E-state index in [0.717, 1.165) is 12.1 Å². The molecule has 0 aliphatic carbocycles. The zero-order chi connectivity index (χ0) is 27.5. The van der Waals surface area contributed by atoms with Crippen LogP contribution in [0.15, 0.2) is 45.9 Å². The number of nitro benzene ring substituents is 1. The molecule has 0 radical (unpaired) electrons. The maximum absolute atomic E-state index is 13.2. The number of carbonyl (C=O) groups excluding carboxylic acids is 1. The van der Waals surface area contributed by atoms with Crippen molar-refractivity contribution in [2.45, 2.75) is 71.0 Å². The van der Waals surface area contributed by atoms with Gasteiger partial charge in [-0.05, 0) is 59.2 Å². The highest BCUT2D eigenvalue weighted by atomic mass is 32.2. The van der Waals surface area contributed by atoms with Gasteiger partial charge < -0.3 is 14.5 Å². The molecule has 200 valence electrons. The van der Waals surface area contributed by atoms with Crippen LogP contribution in [0.4, 0.5) is 5.69 Å². The topological polar surface area (TPSA) is 159 Å². The fourth-order valence-corrected chi connectivity index (χ4v) is 4.83. The lowest BCUT2D eigenvalue weighted by Crippen LogP contribution is -2.32. The minimum atomic E-state index is -4.18. The Hall–Kier alpha value is -3.71.